The number of methoxy groups -OCH3 is 1. The fourth-order valence-corrected chi connectivity index (χ4v) is 4.31. The Kier molecular flexibility index (Phi) is 11.6. The van der Waals surface area contributed by atoms with E-state index in [4.69, 9.17) is 13.9 Å². The second-order valence-corrected chi connectivity index (χ2v) is 13.9. The maximum atomic E-state index is 6.67. The Labute approximate surface area is 171 Å². The minimum Gasteiger partial charge on any atom is -0.403 e. The summed E-state index contributed by atoms with van der Waals surface area (Å²) in [5.74, 6) is 6.75. The first-order valence-corrected chi connectivity index (χ1v) is 13.4. The lowest BCUT2D eigenvalue weighted by Crippen LogP contribution is -2.48. The van der Waals surface area contributed by atoms with Gasteiger partial charge in [-0.15, -0.1) is 5.92 Å². The maximum Gasteiger partial charge on any atom is 0.193 e. The van der Waals surface area contributed by atoms with Gasteiger partial charge in [0.15, 0.2) is 8.32 Å². The Morgan fingerprint density at radius 3 is 2.23 bits per heavy atom. The van der Waals surface area contributed by atoms with Crippen LogP contribution in [0.25, 0.3) is 0 Å². The Morgan fingerprint density at radius 2 is 1.81 bits per heavy atom. The molecule has 26 heavy (non-hydrogen) atoms. The minimum atomic E-state index is -1.93. The van der Waals surface area contributed by atoms with Crippen molar-refractivity contribution in [3.8, 4) is 11.8 Å². The van der Waals surface area contributed by atoms with E-state index < -0.39 is 8.32 Å². The Hall–Kier alpha value is -0.123. The average molecular weight is 448 g/mol. The number of hydrogen-bond acceptors (Lipinski definition) is 3. The smallest absolute Gasteiger partial charge is 0.193 e. The van der Waals surface area contributed by atoms with Crippen LogP contribution in [0, 0.1) is 23.7 Å². The molecule has 0 aliphatic carbocycles. The van der Waals surface area contributed by atoms with Crippen molar-refractivity contribution in [2.24, 2.45) is 11.8 Å². The lowest BCUT2D eigenvalue weighted by Gasteiger charge is -2.41. The van der Waals surface area contributed by atoms with Gasteiger partial charge in [0.25, 0.3) is 0 Å². The molecular formula is C21H39BrO3Si. The molecule has 0 aliphatic rings. The molecule has 0 saturated heterocycles. The molecule has 0 spiro atoms. The van der Waals surface area contributed by atoms with Gasteiger partial charge in [-0.25, -0.2) is 0 Å². The molecular weight excluding hydrogens is 408 g/mol. The highest BCUT2D eigenvalue weighted by atomic mass is 79.9. The van der Waals surface area contributed by atoms with Crippen LogP contribution < -0.4 is 0 Å². The second-order valence-electron chi connectivity index (χ2n) is 8.48. The second kappa shape index (κ2) is 11.7. The Bertz CT molecular complexity index is 500. The van der Waals surface area contributed by atoms with E-state index in [1.165, 1.54) is 5.57 Å². The SMILES string of the molecule is CC#C[C@H](O[Si](C)(C)C(C)(C)C)[C@@H](C)[C@@H](OCOC)[C@H](C)/C(C)=C/CBr. The molecule has 4 atom stereocenters. The van der Waals surface area contributed by atoms with Gasteiger partial charge in [-0.2, -0.15) is 0 Å². The third-order valence-electron chi connectivity index (χ3n) is 5.50. The van der Waals surface area contributed by atoms with E-state index in [2.05, 4.69) is 88.5 Å². The summed E-state index contributed by atoms with van der Waals surface area (Å²) in [6.45, 7) is 20.0. The zero-order valence-corrected chi connectivity index (χ0v) is 21.0. The van der Waals surface area contributed by atoms with Crippen molar-refractivity contribution in [2.45, 2.75) is 78.8 Å². The third-order valence-corrected chi connectivity index (χ3v) is 10.3. The van der Waals surface area contributed by atoms with Crippen molar-refractivity contribution in [3.05, 3.63) is 11.6 Å². The summed E-state index contributed by atoms with van der Waals surface area (Å²) < 4.78 is 18.0. The van der Waals surface area contributed by atoms with E-state index in [0.717, 1.165) is 5.33 Å². The highest BCUT2D eigenvalue weighted by Gasteiger charge is 2.41. The first-order valence-electron chi connectivity index (χ1n) is 9.36. The first kappa shape index (κ1) is 25.9. The molecule has 0 amide bonds. The number of halogens is 1. The van der Waals surface area contributed by atoms with Gasteiger partial charge in [0, 0.05) is 24.3 Å². The summed E-state index contributed by atoms with van der Waals surface area (Å²) in [4.78, 5) is 0. The molecule has 0 heterocycles. The molecule has 0 aromatic heterocycles. The van der Waals surface area contributed by atoms with Crippen LogP contribution in [-0.2, 0) is 13.9 Å². The van der Waals surface area contributed by atoms with Crippen molar-refractivity contribution in [2.75, 3.05) is 19.2 Å². The standard InChI is InChI=1S/C21H39BrO3Si/c1-11-12-19(25-26(9,10)21(5,6)7)18(4)20(24-15-23-8)17(3)16(2)13-14-22/h13,17-20H,14-15H2,1-10H3/b16-13+/t17-,18-,19+,20+/m1/s1. The van der Waals surface area contributed by atoms with E-state index in [0.29, 0.717) is 0 Å². The van der Waals surface area contributed by atoms with E-state index >= 15 is 0 Å². The first-order chi connectivity index (χ1) is 11.9. The van der Waals surface area contributed by atoms with E-state index in [1.807, 2.05) is 6.92 Å². The van der Waals surface area contributed by atoms with Gasteiger partial charge in [-0.1, -0.05) is 68.1 Å². The molecule has 0 saturated carbocycles. The highest BCUT2D eigenvalue weighted by Crippen LogP contribution is 2.39. The van der Waals surface area contributed by atoms with Crippen molar-refractivity contribution in [1.82, 2.24) is 0 Å². The number of rotatable bonds is 10. The molecule has 0 bridgehead atoms. The fraction of sp³-hybridized carbons (Fsp3) is 0.810. The van der Waals surface area contributed by atoms with Crippen LogP contribution in [0.2, 0.25) is 18.1 Å². The average Bonchev–Trinajstić information content (AvgIpc) is 2.53. The number of alkyl halides is 1. The molecule has 3 nitrogen and oxygen atoms in total. The summed E-state index contributed by atoms with van der Waals surface area (Å²) in [6.07, 6.45) is 2.01. The summed E-state index contributed by atoms with van der Waals surface area (Å²) in [6, 6.07) is 0. The highest BCUT2D eigenvalue weighted by molar-refractivity contribution is 9.09. The molecule has 0 aromatic rings. The number of hydrogen-bond donors (Lipinski definition) is 0. The lowest BCUT2D eigenvalue weighted by atomic mass is 9.85. The summed E-state index contributed by atoms with van der Waals surface area (Å²) in [5, 5.41) is 0.980. The van der Waals surface area contributed by atoms with Gasteiger partial charge in [-0.05, 0) is 32.0 Å². The summed E-state index contributed by atoms with van der Waals surface area (Å²) >= 11 is 3.49. The van der Waals surface area contributed by atoms with E-state index in [1.54, 1.807) is 7.11 Å². The van der Waals surface area contributed by atoms with Gasteiger partial charge in [0.1, 0.15) is 12.9 Å². The zero-order valence-electron chi connectivity index (χ0n) is 18.4. The van der Waals surface area contributed by atoms with Gasteiger partial charge in [-0.3, -0.25) is 0 Å². The molecule has 5 heteroatoms. The molecule has 0 unspecified atom stereocenters. The van der Waals surface area contributed by atoms with Gasteiger partial charge in [0.05, 0.1) is 6.10 Å². The van der Waals surface area contributed by atoms with Crippen LogP contribution in [0.4, 0.5) is 0 Å². The molecule has 0 aliphatic heterocycles. The van der Waals surface area contributed by atoms with Crippen LogP contribution in [0.5, 0.6) is 0 Å². The largest absolute Gasteiger partial charge is 0.403 e. The van der Waals surface area contributed by atoms with Crippen LogP contribution in [0.3, 0.4) is 0 Å². The van der Waals surface area contributed by atoms with E-state index in [9.17, 15) is 0 Å². The summed E-state index contributed by atoms with van der Waals surface area (Å²) in [7, 11) is -0.278. The normalized spacial score (nSPS) is 17.9. The number of allylic oxidation sites excluding steroid dienone is 1. The number of ether oxygens (including phenoxy) is 2. The van der Waals surface area contributed by atoms with Crippen molar-refractivity contribution < 1.29 is 13.9 Å². The van der Waals surface area contributed by atoms with Gasteiger partial charge < -0.3 is 13.9 Å². The molecule has 0 fully saturated rings. The predicted molar refractivity (Wildman–Crippen MR) is 118 cm³/mol. The van der Waals surface area contributed by atoms with E-state index in [-0.39, 0.29) is 35.9 Å². The maximum absolute atomic E-state index is 6.67. The fourth-order valence-electron chi connectivity index (χ4n) is 2.54. The zero-order chi connectivity index (χ0) is 20.5. The van der Waals surface area contributed by atoms with Crippen LogP contribution in [0.15, 0.2) is 11.6 Å². The summed E-state index contributed by atoms with van der Waals surface area (Å²) in [5.41, 5.74) is 1.30. The Morgan fingerprint density at radius 1 is 1.23 bits per heavy atom. The molecule has 0 rings (SSSR count). The van der Waals surface area contributed by atoms with Gasteiger partial charge >= 0.3 is 0 Å². The monoisotopic (exact) mass is 446 g/mol. The molecule has 0 N–H and O–H groups in total. The van der Waals surface area contributed by atoms with Gasteiger partial charge in [0.2, 0.25) is 0 Å². The van der Waals surface area contributed by atoms with Crippen molar-refractivity contribution in [1.29, 1.82) is 0 Å². The van der Waals surface area contributed by atoms with Crippen LogP contribution in [-0.4, -0.2) is 39.8 Å². The predicted octanol–water partition coefficient (Wildman–Crippen LogP) is 6.00. The minimum absolute atomic E-state index is 0.0270. The quantitative estimate of drug-likeness (QED) is 0.135. The van der Waals surface area contributed by atoms with Crippen molar-refractivity contribution >= 4 is 24.2 Å². The molecule has 0 aromatic carbocycles. The van der Waals surface area contributed by atoms with Crippen molar-refractivity contribution in [3.63, 3.8) is 0 Å². The molecule has 0 radical (unpaired) electrons. The third kappa shape index (κ3) is 7.86. The Balaban J connectivity index is 5.66. The van der Waals surface area contributed by atoms with Crippen LogP contribution >= 0.6 is 15.9 Å². The molecule has 152 valence electrons. The topological polar surface area (TPSA) is 27.7 Å². The lowest BCUT2D eigenvalue weighted by molar-refractivity contribution is -0.113. The van der Waals surface area contributed by atoms with Crippen LogP contribution in [0.1, 0.15) is 48.5 Å².